The normalized spacial score (nSPS) is 11.1. The van der Waals surface area contributed by atoms with Crippen LogP contribution in [0.25, 0.3) is 0 Å². The highest BCUT2D eigenvalue weighted by atomic mass is 16.5. The van der Waals surface area contributed by atoms with Crippen LogP contribution in [0.2, 0.25) is 0 Å². The summed E-state index contributed by atoms with van der Waals surface area (Å²) in [5.74, 6) is -0.338. The van der Waals surface area contributed by atoms with Crippen LogP contribution in [0.1, 0.15) is 117 Å². The highest BCUT2D eigenvalue weighted by Crippen LogP contribution is 2.11. The molecule has 0 bridgehead atoms. The number of hydrogen-bond donors (Lipinski definition) is 0. The highest BCUT2D eigenvalue weighted by Gasteiger charge is 1.95. The monoisotopic (exact) mass is 396 g/mol. The molecule has 0 saturated carbocycles. The van der Waals surface area contributed by atoms with E-state index < -0.39 is 0 Å². The van der Waals surface area contributed by atoms with Crippen molar-refractivity contribution in [3.05, 3.63) is 12.2 Å². The van der Waals surface area contributed by atoms with Crippen LogP contribution in [-0.4, -0.2) is 25.2 Å². The van der Waals surface area contributed by atoms with E-state index in [1.807, 2.05) is 0 Å². The smallest absolute Gasteiger partial charge is 0.302 e. The van der Waals surface area contributed by atoms with Gasteiger partial charge in [0.1, 0.15) is 0 Å². The van der Waals surface area contributed by atoms with Gasteiger partial charge in [0, 0.05) is 13.8 Å². The molecule has 4 heteroatoms. The molecular weight excluding hydrogens is 352 g/mol. The predicted molar refractivity (Wildman–Crippen MR) is 116 cm³/mol. The van der Waals surface area contributed by atoms with Gasteiger partial charge < -0.3 is 9.47 Å². The molecule has 0 aromatic rings. The van der Waals surface area contributed by atoms with Crippen molar-refractivity contribution < 1.29 is 19.1 Å². The molecule has 0 unspecified atom stereocenters. The third-order valence-corrected chi connectivity index (χ3v) is 4.81. The van der Waals surface area contributed by atoms with E-state index in [4.69, 9.17) is 9.47 Å². The van der Waals surface area contributed by atoms with Crippen LogP contribution in [0.4, 0.5) is 0 Å². The Kier molecular flexibility index (Phi) is 20.9. The second kappa shape index (κ2) is 22.0. The minimum Gasteiger partial charge on any atom is -0.466 e. The second-order valence-electron chi connectivity index (χ2n) is 7.68. The molecule has 0 aliphatic heterocycles. The molecule has 4 nitrogen and oxygen atoms in total. The van der Waals surface area contributed by atoms with Crippen molar-refractivity contribution in [3.63, 3.8) is 0 Å². The van der Waals surface area contributed by atoms with E-state index in [0.717, 1.165) is 19.3 Å². The van der Waals surface area contributed by atoms with Crippen LogP contribution >= 0.6 is 0 Å². The summed E-state index contributed by atoms with van der Waals surface area (Å²) in [4.78, 5) is 21.2. The summed E-state index contributed by atoms with van der Waals surface area (Å²) in [5, 5.41) is 0. The van der Waals surface area contributed by atoms with Crippen molar-refractivity contribution in [2.75, 3.05) is 13.2 Å². The first-order valence-corrected chi connectivity index (χ1v) is 11.5. The van der Waals surface area contributed by atoms with Crippen molar-refractivity contribution in [1.82, 2.24) is 0 Å². The quantitative estimate of drug-likeness (QED) is 0.127. The van der Waals surface area contributed by atoms with Gasteiger partial charge in [-0.1, -0.05) is 76.4 Å². The molecule has 0 heterocycles. The number of ether oxygens (including phenoxy) is 2. The molecule has 28 heavy (non-hydrogen) atoms. The molecule has 0 radical (unpaired) electrons. The van der Waals surface area contributed by atoms with Gasteiger partial charge in [0.05, 0.1) is 13.2 Å². The second-order valence-corrected chi connectivity index (χ2v) is 7.68. The van der Waals surface area contributed by atoms with Gasteiger partial charge in [-0.25, -0.2) is 0 Å². The molecule has 0 spiro atoms. The SMILES string of the molecule is CC(=O)OCCCCCCCC/C=C/CCCCCCCCCCOC(C)=O. The van der Waals surface area contributed by atoms with E-state index in [2.05, 4.69) is 12.2 Å². The summed E-state index contributed by atoms with van der Waals surface area (Å²) >= 11 is 0. The highest BCUT2D eigenvalue weighted by molar-refractivity contribution is 5.66. The Labute approximate surface area is 173 Å². The van der Waals surface area contributed by atoms with E-state index in [1.165, 1.54) is 97.3 Å². The molecule has 0 saturated heterocycles. The summed E-state index contributed by atoms with van der Waals surface area (Å²) in [6.07, 6.45) is 24.5. The zero-order valence-corrected chi connectivity index (χ0v) is 18.5. The molecule has 0 atom stereocenters. The van der Waals surface area contributed by atoms with Crippen molar-refractivity contribution in [1.29, 1.82) is 0 Å². The van der Waals surface area contributed by atoms with E-state index in [0.29, 0.717) is 13.2 Å². The minimum atomic E-state index is -0.170. The lowest BCUT2D eigenvalue weighted by molar-refractivity contribution is -0.142. The van der Waals surface area contributed by atoms with Gasteiger partial charge in [-0.05, 0) is 38.5 Å². The number of esters is 2. The van der Waals surface area contributed by atoms with Crippen LogP contribution < -0.4 is 0 Å². The lowest BCUT2D eigenvalue weighted by atomic mass is 10.1. The average Bonchev–Trinajstić information content (AvgIpc) is 2.65. The predicted octanol–water partition coefficient (Wildman–Crippen LogP) is 6.91. The molecule has 164 valence electrons. The summed E-state index contributed by atoms with van der Waals surface area (Å²) in [6, 6.07) is 0. The molecule has 0 aromatic carbocycles. The maximum absolute atomic E-state index is 10.6. The van der Waals surface area contributed by atoms with Gasteiger partial charge in [-0.3, -0.25) is 9.59 Å². The first kappa shape index (κ1) is 26.7. The van der Waals surface area contributed by atoms with Crippen molar-refractivity contribution in [3.8, 4) is 0 Å². The Hall–Kier alpha value is -1.32. The molecule has 0 amide bonds. The lowest BCUT2D eigenvalue weighted by Gasteiger charge is -2.03. The summed E-state index contributed by atoms with van der Waals surface area (Å²) in [7, 11) is 0. The van der Waals surface area contributed by atoms with Crippen LogP contribution in [0.15, 0.2) is 12.2 Å². The number of unbranched alkanes of at least 4 members (excludes halogenated alkanes) is 14. The molecular formula is C24H44O4. The molecule has 0 aromatic heterocycles. The van der Waals surface area contributed by atoms with E-state index >= 15 is 0 Å². The Morgan fingerprint density at radius 3 is 1.11 bits per heavy atom. The van der Waals surface area contributed by atoms with Crippen LogP contribution in [0, 0.1) is 0 Å². The van der Waals surface area contributed by atoms with E-state index in [1.54, 1.807) is 0 Å². The summed E-state index contributed by atoms with van der Waals surface area (Å²) in [5.41, 5.74) is 0. The van der Waals surface area contributed by atoms with Gasteiger partial charge in [0.2, 0.25) is 0 Å². The lowest BCUT2D eigenvalue weighted by Crippen LogP contribution is -2.00. The zero-order chi connectivity index (χ0) is 20.7. The first-order valence-electron chi connectivity index (χ1n) is 11.5. The number of rotatable bonds is 20. The van der Waals surface area contributed by atoms with Gasteiger partial charge in [-0.2, -0.15) is 0 Å². The fourth-order valence-corrected chi connectivity index (χ4v) is 3.16. The van der Waals surface area contributed by atoms with Crippen molar-refractivity contribution >= 4 is 11.9 Å². The first-order chi connectivity index (χ1) is 13.6. The van der Waals surface area contributed by atoms with E-state index in [9.17, 15) is 9.59 Å². The third-order valence-electron chi connectivity index (χ3n) is 4.81. The van der Waals surface area contributed by atoms with Gasteiger partial charge in [0.15, 0.2) is 0 Å². The largest absolute Gasteiger partial charge is 0.466 e. The Bertz CT molecular complexity index is 390. The standard InChI is InChI=1S/C24H44O4/c1-23(25)27-21-19-17-15-13-11-9-7-5-3-4-6-8-10-12-14-16-18-20-22-28-24(2)26/h3,5H,4,6-22H2,1-2H3/b5-3+. The number of carbonyl (C=O) groups is 2. The summed E-state index contributed by atoms with van der Waals surface area (Å²) in [6.45, 7) is 4.10. The van der Waals surface area contributed by atoms with Crippen molar-refractivity contribution in [2.24, 2.45) is 0 Å². The maximum atomic E-state index is 10.6. The number of allylic oxidation sites excluding steroid dienone is 2. The molecule has 0 aliphatic rings. The van der Waals surface area contributed by atoms with Crippen LogP contribution in [0.3, 0.4) is 0 Å². The Balaban J connectivity index is 3.10. The molecule has 0 aliphatic carbocycles. The zero-order valence-electron chi connectivity index (χ0n) is 18.5. The maximum Gasteiger partial charge on any atom is 0.302 e. The molecule has 0 N–H and O–H groups in total. The number of carbonyl (C=O) groups excluding carboxylic acids is 2. The third kappa shape index (κ3) is 24.7. The molecule has 0 rings (SSSR count). The topological polar surface area (TPSA) is 52.6 Å². The average molecular weight is 397 g/mol. The minimum absolute atomic E-state index is 0.168. The summed E-state index contributed by atoms with van der Waals surface area (Å²) < 4.78 is 9.85. The van der Waals surface area contributed by atoms with Crippen LogP contribution in [-0.2, 0) is 19.1 Å². The van der Waals surface area contributed by atoms with Gasteiger partial charge >= 0.3 is 11.9 Å². The Morgan fingerprint density at radius 2 is 0.786 bits per heavy atom. The van der Waals surface area contributed by atoms with Gasteiger partial charge in [0.25, 0.3) is 0 Å². The number of hydrogen-bond acceptors (Lipinski definition) is 4. The van der Waals surface area contributed by atoms with E-state index in [-0.39, 0.29) is 11.9 Å². The molecule has 0 fully saturated rings. The Morgan fingerprint density at radius 1 is 0.500 bits per heavy atom. The fourth-order valence-electron chi connectivity index (χ4n) is 3.16. The van der Waals surface area contributed by atoms with Gasteiger partial charge in [-0.15, -0.1) is 0 Å². The fraction of sp³-hybridized carbons (Fsp3) is 0.833. The van der Waals surface area contributed by atoms with Crippen molar-refractivity contribution in [2.45, 2.75) is 117 Å². The van der Waals surface area contributed by atoms with Crippen LogP contribution in [0.5, 0.6) is 0 Å².